The lowest BCUT2D eigenvalue weighted by molar-refractivity contribution is 0.0778. The Balaban J connectivity index is 2.12. The van der Waals surface area contributed by atoms with Crippen LogP contribution >= 0.6 is 11.6 Å². The van der Waals surface area contributed by atoms with Gasteiger partial charge in [0.05, 0.1) is 19.3 Å². The Bertz CT molecular complexity index is 625. The lowest BCUT2D eigenvalue weighted by Gasteiger charge is -2.17. The molecule has 1 aromatic carbocycles. The standard InChI is InChI=1S/C13H15ClFN5O/c1-19(7-9-10(14)3-2-4-11(9)15)13(21)12-8-20(6-5-16)18-17-12/h2-4,8H,5-7,16H2,1H3. The minimum absolute atomic E-state index is 0.0497. The molecule has 2 rings (SSSR count). The molecule has 0 bridgehead atoms. The minimum atomic E-state index is -0.450. The van der Waals surface area contributed by atoms with E-state index < -0.39 is 5.82 Å². The van der Waals surface area contributed by atoms with Crippen molar-refractivity contribution in [2.75, 3.05) is 13.6 Å². The largest absolute Gasteiger partial charge is 0.336 e. The van der Waals surface area contributed by atoms with Crippen molar-refractivity contribution in [1.29, 1.82) is 0 Å². The summed E-state index contributed by atoms with van der Waals surface area (Å²) in [6, 6.07) is 4.40. The minimum Gasteiger partial charge on any atom is -0.336 e. The Kier molecular flexibility index (Phi) is 4.87. The van der Waals surface area contributed by atoms with Crippen LogP contribution in [0.1, 0.15) is 16.1 Å². The van der Waals surface area contributed by atoms with Crippen molar-refractivity contribution in [3.05, 3.63) is 46.5 Å². The molecule has 0 aliphatic carbocycles. The zero-order valence-corrected chi connectivity index (χ0v) is 12.2. The van der Waals surface area contributed by atoms with E-state index in [0.29, 0.717) is 13.1 Å². The number of carbonyl (C=O) groups excluding carboxylic acids is 1. The van der Waals surface area contributed by atoms with Gasteiger partial charge in [-0.15, -0.1) is 5.10 Å². The number of aromatic nitrogens is 3. The fourth-order valence-electron chi connectivity index (χ4n) is 1.83. The zero-order valence-electron chi connectivity index (χ0n) is 11.5. The van der Waals surface area contributed by atoms with E-state index in [1.807, 2.05) is 0 Å². The van der Waals surface area contributed by atoms with E-state index in [1.54, 1.807) is 13.1 Å². The van der Waals surface area contributed by atoms with Crippen molar-refractivity contribution < 1.29 is 9.18 Å². The van der Waals surface area contributed by atoms with Crippen LogP contribution in [0.5, 0.6) is 0 Å². The molecule has 112 valence electrons. The second-order valence-electron chi connectivity index (χ2n) is 4.52. The number of nitrogens with zero attached hydrogens (tertiary/aromatic N) is 4. The summed E-state index contributed by atoms with van der Waals surface area (Å²) in [5.74, 6) is -0.813. The molecular weight excluding hydrogens is 297 g/mol. The molecule has 0 aliphatic heterocycles. The molecule has 1 heterocycles. The molecule has 0 atom stereocenters. The summed E-state index contributed by atoms with van der Waals surface area (Å²) in [7, 11) is 1.55. The number of nitrogens with two attached hydrogens (primary N) is 1. The first-order chi connectivity index (χ1) is 10.0. The van der Waals surface area contributed by atoms with Crippen molar-refractivity contribution in [1.82, 2.24) is 19.9 Å². The Hall–Kier alpha value is -1.99. The Labute approximate surface area is 126 Å². The second kappa shape index (κ2) is 6.64. The Morgan fingerprint density at radius 2 is 2.29 bits per heavy atom. The average molecular weight is 312 g/mol. The van der Waals surface area contributed by atoms with Crippen LogP contribution in [-0.2, 0) is 13.1 Å². The topological polar surface area (TPSA) is 77.0 Å². The zero-order chi connectivity index (χ0) is 15.4. The van der Waals surface area contributed by atoms with E-state index in [2.05, 4.69) is 10.3 Å². The van der Waals surface area contributed by atoms with Gasteiger partial charge in [0.2, 0.25) is 0 Å². The first-order valence-corrected chi connectivity index (χ1v) is 6.69. The number of hydrogen-bond acceptors (Lipinski definition) is 4. The van der Waals surface area contributed by atoms with Gasteiger partial charge >= 0.3 is 0 Å². The van der Waals surface area contributed by atoms with Gasteiger partial charge in [0.25, 0.3) is 5.91 Å². The molecule has 1 aromatic heterocycles. The predicted octanol–water partition coefficient (Wildman–Crippen LogP) is 1.30. The van der Waals surface area contributed by atoms with Gasteiger partial charge in [-0.25, -0.2) is 4.39 Å². The van der Waals surface area contributed by atoms with Gasteiger partial charge in [0, 0.05) is 24.2 Å². The smallest absolute Gasteiger partial charge is 0.276 e. The molecule has 0 radical (unpaired) electrons. The van der Waals surface area contributed by atoms with Gasteiger partial charge in [-0.3, -0.25) is 9.48 Å². The monoisotopic (exact) mass is 311 g/mol. The Morgan fingerprint density at radius 1 is 1.52 bits per heavy atom. The molecule has 6 nitrogen and oxygen atoms in total. The van der Waals surface area contributed by atoms with E-state index in [9.17, 15) is 9.18 Å². The summed E-state index contributed by atoms with van der Waals surface area (Å²) in [5.41, 5.74) is 5.85. The molecule has 2 N–H and O–H groups in total. The summed E-state index contributed by atoms with van der Waals surface area (Å²) in [4.78, 5) is 13.5. The predicted molar refractivity (Wildman–Crippen MR) is 76.3 cm³/mol. The van der Waals surface area contributed by atoms with Crippen molar-refractivity contribution in [2.45, 2.75) is 13.1 Å². The number of benzene rings is 1. The molecule has 0 fully saturated rings. The van der Waals surface area contributed by atoms with Crippen molar-refractivity contribution in [2.24, 2.45) is 5.73 Å². The number of hydrogen-bond donors (Lipinski definition) is 1. The van der Waals surface area contributed by atoms with Crippen LogP contribution in [0.3, 0.4) is 0 Å². The number of amides is 1. The van der Waals surface area contributed by atoms with E-state index in [4.69, 9.17) is 17.3 Å². The maximum absolute atomic E-state index is 13.7. The summed E-state index contributed by atoms with van der Waals surface area (Å²) in [6.07, 6.45) is 1.51. The highest BCUT2D eigenvalue weighted by atomic mass is 35.5. The lowest BCUT2D eigenvalue weighted by Crippen LogP contribution is -2.27. The molecule has 1 amide bonds. The van der Waals surface area contributed by atoms with Gasteiger partial charge in [-0.1, -0.05) is 22.9 Å². The fourth-order valence-corrected chi connectivity index (χ4v) is 2.05. The average Bonchev–Trinajstić information content (AvgIpc) is 2.91. The molecule has 0 unspecified atom stereocenters. The second-order valence-corrected chi connectivity index (χ2v) is 4.92. The maximum atomic E-state index is 13.7. The van der Waals surface area contributed by atoms with E-state index >= 15 is 0 Å². The van der Waals surface area contributed by atoms with Gasteiger partial charge in [0.15, 0.2) is 5.69 Å². The van der Waals surface area contributed by atoms with Crippen LogP contribution in [0.15, 0.2) is 24.4 Å². The fraction of sp³-hybridized carbons (Fsp3) is 0.308. The van der Waals surface area contributed by atoms with Crippen LogP contribution in [0, 0.1) is 5.82 Å². The lowest BCUT2D eigenvalue weighted by atomic mass is 10.2. The van der Waals surface area contributed by atoms with Crippen LogP contribution in [0.4, 0.5) is 4.39 Å². The van der Waals surface area contributed by atoms with Crippen molar-refractivity contribution >= 4 is 17.5 Å². The number of halogens is 2. The highest BCUT2D eigenvalue weighted by Gasteiger charge is 2.18. The third-order valence-electron chi connectivity index (χ3n) is 2.92. The van der Waals surface area contributed by atoms with E-state index in [0.717, 1.165) is 0 Å². The first kappa shape index (κ1) is 15.4. The number of carbonyl (C=O) groups is 1. The molecule has 0 spiro atoms. The SMILES string of the molecule is CN(Cc1c(F)cccc1Cl)C(=O)c1cn(CCN)nn1. The molecule has 0 saturated carbocycles. The summed E-state index contributed by atoms with van der Waals surface area (Å²) >= 11 is 5.95. The molecular formula is C13H15ClFN5O. The number of rotatable bonds is 5. The molecule has 2 aromatic rings. The van der Waals surface area contributed by atoms with Gasteiger partial charge in [-0.05, 0) is 12.1 Å². The van der Waals surface area contributed by atoms with E-state index in [-0.39, 0.29) is 28.7 Å². The molecule has 8 heteroatoms. The van der Waals surface area contributed by atoms with E-state index in [1.165, 1.54) is 27.9 Å². The summed E-state index contributed by atoms with van der Waals surface area (Å²) < 4.78 is 15.2. The van der Waals surface area contributed by atoms with Crippen LogP contribution in [0.25, 0.3) is 0 Å². The summed E-state index contributed by atoms with van der Waals surface area (Å²) in [5, 5.41) is 7.85. The molecule has 0 aliphatic rings. The normalized spacial score (nSPS) is 10.7. The molecule has 0 saturated heterocycles. The van der Waals surface area contributed by atoms with Crippen molar-refractivity contribution in [3.63, 3.8) is 0 Å². The van der Waals surface area contributed by atoms with Gasteiger partial charge in [-0.2, -0.15) is 0 Å². The van der Waals surface area contributed by atoms with Gasteiger partial charge in [0.1, 0.15) is 5.82 Å². The van der Waals surface area contributed by atoms with Gasteiger partial charge < -0.3 is 10.6 Å². The van der Waals surface area contributed by atoms with Crippen LogP contribution in [0.2, 0.25) is 5.02 Å². The first-order valence-electron chi connectivity index (χ1n) is 6.31. The summed E-state index contributed by atoms with van der Waals surface area (Å²) in [6.45, 7) is 0.925. The van der Waals surface area contributed by atoms with Crippen LogP contribution < -0.4 is 5.73 Å². The molecule has 21 heavy (non-hydrogen) atoms. The Morgan fingerprint density at radius 3 is 2.95 bits per heavy atom. The quantitative estimate of drug-likeness (QED) is 0.903. The van der Waals surface area contributed by atoms with Crippen molar-refractivity contribution in [3.8, 4) is 0 Å². The third kappa shape index (κ3) is 3.56. The maximum Gasteiger partial charge on any atom is 0.276 e. The highest BCUT2D eigenvalue weighted by Crippen LogP contribution is 2.20. The van der Waals surface area contributed by atoms with Crippen LogP contribution in [-0.4, -0.2) is 39.4 Å². The highest BCUT2D eigenvalue weighted by molar-refractivity contribution is 6.31. The third-order valence-corrected chi connectivity index (χ3v) is 3.27.